The number of nitrogens with two attached hydrogens (primary N) is 1. The zero-order valence-corrected chi connectivity index (χ0v) is 11.5. The molecule has 0 aliphatic rings. The number of carbonyl (C=O) groups is 1. The minimum absolute atomic E-state index is 0.0844. The summed E-state index contributed by atoms with van der Waals surface area (Å²) in [7, 11) is 2.89. The average molecular weight is 291 g/mol. The summed E-state index contributed by atoms with van der Waals surface area (Å²) in [4.78, 5) is 15.8. The maximum absolute atomic E-state index is 13.0. The molecule has 7 heteroatoms. The van der Waals surface area contributed by atoms with Gasteiger partial charge in [-0.3, -0.25) is 4.79 Å². The number of halogens is 1. The highest BCUT2D eigenvalue weighted by Gasteiger charge is 2.16. The molecule has 110 valence electrons. The van der Waals surface area contributed by atoms with Gasteiger partial charge in [0.1, 0.15) is 17.3 Å². The van der Waals surface area contributed by atoms with E-state index >= 15 is 0 Å². The molecule has 0 radical (unpaired) electrons. The number of aromatic nitrogens is 1. The van der Waals surface area contributed by atoms with Crippen LogP contribution in [0.3, 0.4) is 0 Å². The fraction of sp³-hybridized carbons (Fsp3) is 0.143. The first-order valence-electron chi connectivity index (χ1n) is 6.00. The van der Waals surface area contributed by atoms with Gasteiger partial charge in [-0.25, -0.2) is 4.98 Å². The number of pyridine rings is 1. The molecule has 0 spiro atoms. The molecule has 1 amide bonds. The van der Waals surface area contributed by atoms with E-state index in [1.165, 1.54) is 38.5 Å². The van der Waals surface area contributed by atoms with Crippen molar-refractivity contribution in [2.24, 2.45) is 0 Å². The molecular weight excluding hydrogens is 277 g/mol. The van der Waals surface area contributed by atoms with Gasteiger partial charge in [0, 0.05) is 6.07 Å². The molecule has 0 bridgehead atoms. The topological polar surface area (TPSA) is 86.5 Å². The Labute approximate surface area is 120 Å². The van der Waals surface area contributed by atoms with E-state index in [2.05, 4.69) is 10.3 Å². The maximum atomic E-state index is 13.0. The van der Waals surface area contributed by atoms with Gasteiger partial charge in [0.2, 0.25) is 5.95 Å². The van der Waals surface area contributed by atoms with Crippen LogP contribution >= 0.6 is 0 Å². The first-order valence-corrected chi connectivity index (χ1v) is 6.00. The third-order valence-electron chi connectivity index (χ3n) is 2.77. The van der Waals surface area contributed by atoms with Crippen LogP contribution in [0, 0.1) is 5.95 Å². The second-order valence-corrected chi connectivity index (χ2v) is 4.09. The van der Waals surface area contributed by atoms with Crippen LogP contribution in [0.4, 0.5) is 15.9 Å². The Balaban J connectivity index is 2.34. The summed E-state index contributed by atoms with van der Waals surface area (Å²) in [5.41, 5.74) is 6.18. The van der Waals surface area contributed by atoms with E-state index in [-0.39, 0.29) is 17.1 Å². The number of methoxy groups -OCH3 is 2. The lowest BCUT2D eigenvalue weighted by Crippen LogP contribution is -2.16. The van der Waals surface area contributed by atoms with E-state index in [9.17, 15) is 9.18 Å². The van der Waals surface area contributed by atoms with Crippen LogP contribution in [0.25, 0.3) is 0 Å². The van der Waals surface area contributed by atoms with E-state index in [4.69, 9.17) is 15.2 Å². The highest BCUT2D eigenvalue weighted by atomic mass is 19.1. The first kappa shape index (κ1) is 14.6. The first-order chi connectivity index (χ1) is 10.0. The molecule has 2 rings (SSSR count). The average Bonchev–Trinajstić information content (AvgIpc) is 2.47. The van der Waals surface area contributed by atoms with E-state index in [0.29, 0.717) is 11.5 Å². The Bertz CT molecular complexity index is 677. The summed E-state index contributed by atoms with van der Waals surface area (Å²) in [5, 5.41) is 2.46. The van der Waals surface area contributed by atoms with Gasteiger partial charge in [0.05, 0.1) is 25.5 Å². The molecule has 3 N–H and O–H groups in total. The molecule has 2 aromatic rings. The summed E-state index contributed by atoms with van der Waals surface area (Å²) >= 11 is 0. The third kappa shape index (κ3) is 3.19. The number of anilines is 2. The van der Waals surface area contributed by atoms with Crippen LogP contribution in [-0.4, -0.2) is 25.1 Å². The summed E-state index contributed by atoms with van der Waals surface area (Å²) in [6, 6.07) is 7.11. The van der Waals surface area contributed by atoms with Crippen LogP contribution < -0.4 is 20.5 Å². The standard InChI is InChI=1S/C14H14FN3O3/c1-20-8-6-9(13(16)10(7-8)21-2)14(19)18-12-5-3-4-11(15)17-12/h3-7H,16H2,1-2H3,(H,17,18,19). The molecular formula is C14H14FN3O3. The number of hydrogen-bond acceptors (Lipinski definition) is 5. The molecule has 0 atom stereocenters. The van der Waals surface area contributed by atoms with Crippen molar-refractivity contribution < 1.29 is 18.7 Å². The quantitative estimate of drug-likeness (QED) is 0.665. The maximum Gasteiger partial charge on any atom is 0.259 e. The van der Waals surface area contributed by atoms with Crippen molar-refractivity contribution in [2.75, 3.05) is 25.3 Å². The van der Waals surface area contributed by atoms with Gasteiger partial charge in [0.15, 0.2) is 0 Å². The second kappa shape index (κ2) is 6.08. The molecule has 1 aromatic carbocycles. The van der Waals surface area contributed by atoms with E-state index in [0.717, 1.165) is 0 Å². The number of rotatable bonds is 4. The van der Waals surface area contributed by atoms with Gasteiger partial charge in [-0.1, -0.05) is 6.07 Å². The molecule has 0 saturated carbocycles. The minimum atomic E-state index is -0.691. The minimum Gasteiger partial charge on any atom is -0.497 e. The number of hydrogen-bond donors (Lipinski definition) is 2. The summed E-state index contributed by atoms with van der Waals surface area (Å²) < 4.78 is 23.2. The summed E-state index contributed by atoms with van der Waals surface area (Å²) in [5.74, 6) is -0.418. The number of benzene rings is 1. The Morgan fingerprint density at radius 3 is 2.67 bits per heavy atom. The fourth-order valence-electron chi connectivity index (χ4n) is 1.74. The normalized spacial score (nSPS) is 10.0. The van der Waals surface area contributed by atoms with Crippen LogP contribution in [0.15, 0.2) is 30.3 Å². The largest absolute Gasteiger partial charge is 0.497 e. The predicted octanol–water partition coefficient (Wildman–Crippen LogP) is 2.07. The van der Waals surface area contributed by atoms with Crippen molar-refractivity contribution in [3.8, 4) is 11.5 Å². The molecule has 0 saturated heterocycles. The second-order valence-electron chi connectivity index (χ2n) is 4.09. The molecule has 1 heterocycles. The summed E-state index contributed by atoms with van der Waals surface area (Å²) in [6.45, 7) is 0. The lowest BCUT2D eigenvalue weighted by atomic mass is 10.1. The smallest absolute Gasteiger partial charge is 0.259 e. The predicted molar refractivity (Wildman–Crippen MR) is 76.1 cm³/mol. The Morgan fingerprint density at radius 2 is 2.05 bits per heavy atom. The number of nitrogens with one attached hydrogen (secondary N) is 1. The zero-order chi connectivity index (χ0) is 15.4. The van der Waals surface area contributed by atoms with Crippen LogP contribution in [-0.2, 0) is 0 Å². The molecule has 1 aromatic heterocycles. The van der Waals surface area contributed by atoms with E-state index in [1.54, 1.807) is 6.07 Å². The van der Waals surface area contributed by atoms with Crippen molar-refractivity contribution in [3.05, 3.63) is 41.8 Å². The molecule has 21 heavy (non-hydrogen) atoms. The van der Waals surface area contributed by atoms with Gasteiger partial charge in [-0.15, -0.1) is 0 Å². The van der Waals surface area contributed by atoms with Crippen LogP contribution in [0.5, 0.6) is 11.5 Å². The van der Waals surface area contributed by atoms with Gasteiger partial charge < -0.3 is 20.5 Å². The highest BCUT2D eigenvalue weighted by molar-refractivity contribution is 6.08. The Kier molecular flexibility index (Phi) is 4.22. The number of nitrogen functional groups attached to an aromatic ring is 1. The lowest BCUT2D eigenvalue weighted by molar-refractivity contribution is 0.102. The van der Waals surface area contributed by atoms with Crippen molar-refractivity contribution in [1.82, 2.24) is 4.98 Å². The molecule has 6 nitrogen and oxygen atoms in total. The number of ether oxygens (including phenoxy) is 2. The number of nitrogens with zero attached hydrogens (tertiary/aromatic N) is 1. The van der Waals surface area contributed by atoms with Crippen LogP contribution in [0.1, 0.15) is 10.4 Å². The highest BCUT2D eigenvalue weighted by Crippen LogP contribution is 2.31. The molecule has 0 aliphatic heterocycles. The molecule has 0 aliphatic carbocycles. The number of carbonyl (C=O) groups excluding carboxylic acids is 1. The lowest BCUT2D eigenvalue weighted by Gasteiger charge is -2.12. The van der Waals surface area contributed by atoms with Crippen molar-refractivity contribution in [1.29, 1.82) is 0 Å². The Morgan fingerprint density at radius 1 is 1.29 bits per heavy atom. The van der Waals surface area contributed by atoms with E-state index in [1.807, 2.05) is 0 Å². The van der Waals surface area contributed by atoms with Gasteiger partial charge in [-0.2, -0.15) is 4.39 Å². The van der Waals surface area contributed by atoms with Crippen LogP contribution in [0.2, 0.25) is 0 Å². The van der Waals surface area contributed by atoms with Crippen molar-refractivity contribution in [2.45, 2.75) is 0 Å². The SMILES string of the molecule is COc1cc(OC)c(N)c(C(=O)Nc2cccc(F)n2)c1. The van der Waals surface area contributed by atoms with Crippen molar-refractivity contribution in [3.63, 3.8) is 0 Å². The number of amides is 1. The van der Waals surface area contributed by atoms with E-state index < -0.39 is 11.9 Å². The van der Waals surface area contributed by atoms with Gasteiger partial charge in [0.25, 0.3) is 5.91 Å². The fourth-order valence-corrected chi connectivity index (χ4v) is 1.74. The molecule has 0 fully saturated rings. The van der Waals surface area contributed by atoms with Gasteiger partial charge in [-0.05, 0) is 18.2 Å². The monoisotopic (exact) mass is 291 g/mol. The van der Waals surface area contributed by atoms with Crippen molar-refractivity contribution >= 4 is 17.4 Å². The zero-order valence-electron chi connectivity index (χ0n) is 11.5. The Hall–Kier alpha value is -2.83. The van der Waals surface area contributed by atoms with Gasteiger partial charge >= 0.3 is 0 Å². The third-order valence-corrected chi connectivity index (χ3v) is 2.77. The summed E-state index contributed by atoms with van der Waals surface area (Å²) in [6.07, 6.45) is 0. The molecule has 0 unspecified atom stereocenters.